The molecule has 1 aliphatic rings. The zero-order valence-electron chi connectivity index (χ0n) is 13.0. The molecule has 1 aliphatic carbocycles. The quantitative estimate of drug-likeness (QED) is 0.819. The van der Waals surface area contributed by atoms with Gasteiger partial charge in [0.05, 0.1) is 13.7 Å². The van der Waals surface area contributed by atoms with Crippen LogP contribution in [0, 0.1) is 5.92 Å². The molecule has 1 aromatic carbocycles. The van der Waals surface area contributed by atoms with Crippen molar-refractivity contribution >= 4 is 11.6 Å². The topological polar surface area (TPSA) is 50.4 Å². The average Bonchev–Trinajstić information content (AvgIpc) is 2.70. The summed E-state index contributed by atoms with van der Waals surface area (Å²) in [6.07, 6.45) is 6.20. The molecule has 1 amide bonds. The SMILES string of the molecule is COc1ccc(NC(=O)CNC2CCCC(C)CC2)cc1. The van der Waals surface area contributed by atoms with Gasteiger partial charge in [-0.1, -0.05) is 19.8 Å². The van der Waals surface area contributed by atoms with Gasteiger partial charge in [-0.05, 0) is 49.4 Å². The van der Waals surface area contributed by atoms with Gasteiger partial charge in [0, 0.05) is 11.7 Å². The van der Waals surface area contributed by atoms with Crippen LogP contribution in [0.25, 0.3) is 0 Å². The molecule has 2 unspecified atom stereocenters. The molecule has 1 fully saturated rings. The highest BCUT2D eigenvalue weighted by atomic mass is 16.5. The zero-order chi connectivity index (χ0) is 15.1. The molecule has 0 radical (unpaired) electrons. The van der Waals surface area contributed by atoms with E-state index in [1.807, 2.05) is 24.3 Å². The molecule has 1 saturated carbocycles. The number of methoxy groups -OCH3 is 1. The van der Waals surface area contributed by atoms with Crippen molar-refractivity contribution in [2.75, 3.05) is 19.0 Å². The van der Waals surface area contributed by atoms with Gasteiger partial charge < -0.3 is 15.4 Å². The molecule has 0 saturated heterocycles. The first-order chi connectivity index (χ1) is 10.2. The molecule has 0 heterocycles. The molecule has 4 heteroatoms. The van der Waals surface area contributed by atoms with E-state index in [4.69, 9.17) is 4.74 Å². The molecular formula is C17H26N2O2. The van der Waals surface area contributed by atoms with Crippen LogP contribution in [0.4, 0.5) is 5.69 Å². The second kappa shape index (κ2) is 8.03. The minimum absolute atomic E-state index is 0.0115. The minimum Gasteiger partial charge on any atom is -0.497 e. The molecule has 1 aromatic rings. The van der Waals surface area contributed by atoms with Crippen LogP contribution in [0.3, 0.4) is 0 Å². The number of hydrogen-bond acceptors (Lipinski definition) is 3. The van der Waals surface area contributed by atoms with E-state index in [1.54, 1.807) is 7.11 Å². The number of benzene rings is 1. The number of ether oxygens (including phenoxy) is 1. The van der Waals surface area contributed by atoms with Gasteiger partial charge in [-0.3, -0.25) is 4.79 Å². The molecule has 21 heavy (non-hydrogen) atoms. The maximum atomic E-state index is 12.0. The first-order valence-corrected chi connectivity index (χ1v) is 7.84. The summed E-state index contributed by atoms with van der Waals surface area (Å²) in [5.74, 6) is 1.63. The lowest BCUT2D eigenvalue weighted by Gasteiger charge is -2.16. The zero-order valence-corrected chi connectivity index (χ0v) is 13.0. The Labute approximate surface area is 127 Å². The minimum atomic E-state index is 0.0115. The van der Waals surface area contributed by atoms with Gasteiger partial charge >= 0.3 is 0 Å². The summed E-state index contributed by atoms with van der Waals surface area (Å²) in [7, 11) is 1.63. The van der Waals surface area contributed by atoms with Crippen LogP contribution in [-0.2, 0) is 4.79 Å². The molecule has 0 aliphatic heterocycles. The predicted octanol–water partition coefficient (Wildman–Crippen LogP) is 3.19. The standard InChI is InChI=1S/C17H26N2O2/c1-13-4-3-5-14(7-6-13)18-12-17(20)19-15-8-10-16(21-2)11-9-15/h8-11,13-14,18H,3-7,12H2,1-2H3,(H,19,20). The summed E-state index contributed by atoms with van der Waals surface area (Å²) in [6.45, 7) is 2.70. The Balaban J connectivity index is 1.73. The second-order valence-corrected chi connectivity index (χ2v) is 5.97. The summed E-state index contributed by atoms with van der Waals surface area (Å²) in [5.41, 5.74) is 0.803. The molecule has 2 rings (SSSR count). The van der Waals surface area contributed by atoms with Gasteiger partial charge in [0.2, 0.25) is 5.91 Å². The highest BCUT2D eigenvalue weighted by Crippen LogP contribution is 2.22. The lowest BCUT2D eigenvalue weighted by molar-refractivity contribution is -0.115. The van der Waals surface area contributed by atoms with Crippen LogP contribution in [0.15, 0.2) is 24.3 Å². The monoisotopic (exact) mass is 290 g/mol. The summed E-state index contributed by atoms with van der Waals surface area (Å²) >= 11 is 0. The third-order valence-electron chi connectivity index (χ3n) is 4.18. The largest absolute Gasteiger partial charge is 0.497 e. The van der Waals surface area contributed by atoms with Crippen LogP contribution in [0.2, 0.25) is 0 Å². The molecule has 2 atom stereocenters. The number of nitrogens with one attached hydrogen (secondary N) is 2. The van der Waals surface area contributed by atoms with Crippen LogP contribution >= 0.6 is 0 Å². The smallest absolute Gasteiger partial charge is 0.238 e. The van der Waals surface area contributed by atoms with Crippen molar-refractivity contribution in [3.05, 3.63) is 24.3 Å². The van der Waals surface area contributed by atoms with Crippen molar-refractivity contribution in [3.8, 4) is 5.75 Å². The van der Waals surface area contributed by atoms with E-state index in [0.717, 1.165) is 17.4 Å². The fourth-order valence-electron chi connectivity index (χ4n) is 2.81. The lowest BCUT2D eigenvalue weighted by atomic mass is 10.0. The number of carbonyl (C=O) groups excluding carboxylic acids is 1. The fraction of sp³-hybridized carbons (Fsp3) is 0.588. The highest BCUT2D eigenvalue weighted by Gasteiger charge is 2.16. The van der Waals surface area contributed by atoms with Crippen molar-refractivity contribution in [1.29, 1.82) is 0 Å². The van der Waals surface area contributed by atoms with E-state index >= 15 is 0 Å². The molecule has 0 spiro atoms. The molecule has 4 nitrogen and oxygen atoms in total. The Bertz CT molecular complexity index is 445. The van der Waals surface area contributed by atoms with E-state index < -0.39 is 0 Å². The Kier molecular flexibility index (Phi) is 6.05. The van der Waals surface area contributed by atoms with Gasteiger partial charge in [-0.25, -0.2) is 0 Å². The molecule has 0 bridgehead atoms. The maximum Gasteiger partial charge on any atom is 0.238 e. The molecule has 2 N–H and O–H groups in total. The number of anilines is 1. The van der Waals surface area contributed by atoms with E-state index in [9.17, 15) is 4.79 Å². The van der Waals surface area contributed by atoms with Crippen molar-refractivity contribution in [2.24, 2.45) is 5.92 Å². The Morgan fingerprint density at radius 1 is 1.19 bits per heavy atom. The van der Waals surface area contributed by atoms with E-state index in [0.29, 0.717) is 12.6 Å². The number of carbonyl (C=O) groups is 1. The average molecular weight is 290 g/mol. The van der Waals surface area contributed by atoms with Crippen molar-refractivity contribution in [1.82, 2.24) is 5.32 Å². The summed E-state index contributed by atoms with van der Waals surface area (Å²) in [5, 5.41) is 6.29. The highest BCUT2D eigenvalue weighted by molar-refractivity contribution is 5.92. The Morgan fingerprint density at radius 3 is 2.67 bits per heavy atom. The van der Waals surface area contributed by atoms with Gasteiger partial charge in [0.15, 0.2) is 0 Å². The summed E-state index contributed by atoms with van der Waals surface area (Å²) in [4.78, 5) is 12.0. The van der Waals surface area contributed by atoms with Crippen LogP contribution < -0.4 is 15.4 Å². The third-order valence-corrected chi connectivity index (χ3v) is 4.18. The first kappa shape index (κ1) is 15.8. The van der Waals surface area contributed by atoms with Crippen LogP contribution in [-0.4, -0.2) is 25.6 Å². The Morgan fingerprint density at radius 2 is 1.95 bits per heavy atom. The number of rotatable bonds is 5. The van der Waals surface area contributed by atoms with Crippen LogP contribution in [0.5, 0.6) is 5.75 Å². The van der Waals surface area contributed by atoms with Gasteiger partial charge in [0.1, 0.15) is 5.75 Å². The fourth-order valence-corrected chi connectivity index (χ4v) is 2.81. The summed E-state index contributed by atoms with van der Waals surface area (Å²) < 4.78 is 5.10. The van der Waals surface area contributed by atoms with Crippen molar-refractivity contribution < 1.29 is 9.53 Å². The maximum absolute atomic E-state index is 12.0. The van der Waals surface area contributed by atoms with Gasteiger partial charge in [-0.2, -0.15) is 0 Å². The predicted molar refractivity (Wildman–Crippen MR) is 85.7 cm³/mol. The Hall–Kier alpha value is -1.55. The number of hydrogen-bond donors (Lipinski definition) is 2. The normalized spacial score (nSPS) is 22.4. The third kappa shape index (κ3) is 5.38. The van der Waals surface area contributed by atoms with Gasteiger partial charge in [-0.15, -0.1) is 0 Å². The second-order valence-electron chi connectivity index (χ2n) is 5.97. The van der Waals surface area contributed by atoms with Crippen LogP contribution in [0.1, 0.15) is 39.0 Å². The first-order valence-electron chi connectivity index (χ1n) is 7.84. The summed E-state index contributed by atoms with van der Waals surface area (Å²) in [6, 6.07) is 7.87. The lowest BCUT2D eigenvalue weighted by Crippen LogP contribution is -2.35. The van der Waals surface area contributed by atoms with Gasteiger partial charge in [0.25, 0.3) is 0 Å². The van der Waals surface area contributed by atoms with Crippen molar-refractivity contribution in [2.45, 2.75) is 45.1 Å². The molecular weight excluding hydrogens is 264 g/mol. The molecule has 116 valence electrons. The van der Waals surface area contributed by atoms with E-state index in [1.165, 1.54) is 32.1 Å². The van der Waals surface area contributed by atoms with Crippen molar-refractivity contribution in [3.63, 3.8) is 0 Å². The van der Waals surface area contributed by atoms with E-state index in [-0.39, 0.29) is 5.91 Å². The molecule has 0 aromatic heterocycles. The van der Waals surface area contributed by atoms with E-state index in [2.05, 4.69) is 17.6 Å². The number of amides is 1.